The number of aromatic amines is 1. The van der Waals surface area contributed by atoms with Crippen molar-refractivity contribution in [3.8, 4) is 0 Å². The summed E-state index contributed by atoms with van der Waals surface area (Å²) in [4.78, 5) is 10.1. The molecule has 38 valence electrons. The van der Waals surface area contributed by atoms with Crippen LogP contribution in [0.25, 0.3) is 0 Å². The number of aromatic nitrogens is 1. The van der Waals surface area contributed by atoms with E-state index in [0.717, 1.165) is 0 Å². The summed E-state index contributed by atoms with van der Waals surface area (Å²) in [5.41, 5.74) is -0.279. The second kappa shape index (κ2) is 1.48. The van der Waals surface area contributed by atoms with Gasteiger partial charge in [0, 0.05) is 10.9 Å². The average molecular weight is 117 g/mol. The van der Waals surface area contributed by atoms with Crippen LogP contribution in [-0.2, 0) is 0 Å². The van der Waals surface area contributed by atoms with E-state index in [2.05, 4.69) is 4.37 Å². The van der Waals surface area contributed by atoms with Gasteiger partial charge < -0.3 is 4.55 Å². The fraction of sp³-hybridized carbons (Fsp3) is 0. The molecule has 1 aromatic heterocycles. The van der Waals surface area contributed by atoms with E-state index in [1.54, 1.807) is 0 Å². The number of rotatable bonds is 0. The average Bonchev–Trinajstić information content (AvgIpc) is 1.87. The van der Waals surface area contributed by atoms with Crippen molar-refractivity contribution in [2.45, 2.75) is 0 Å². The molecule has 0 amide bonds. The molecular formula is C3H3NO2S. The zero-order valence-corrected chi connectivity index (χ0v) is 4.20. The van der Waals surface area contributed by atoms with Gasteiger partial charge in [0.05, 0.1) is 6.07 Å². The SMILES string of the molecule is O=c1cc[s+]([O-])[nH]1. The van der Waals surface area contributed by atoms with E-state index < -0.39 is 10.9 Å². The summed E-state index contributed by atoms with van der Waals surface area (Å²) in [6, 6.07) is 1.25. The van der Waals surface area contributed by atoms with Crippen LogP contribution in [0.3, 0.4) is 0 Å². The molecule has 0 spiro atoms. The number of hydrogen-bond acceptors (Lipinski definition) is 2. The van der Waals surface area contributed by atoms with Crippen LogP contribution >= 0.6 is 10.9 Å². The van der Waals surface area contributed by atoms with Crippen molar-refractivity contribution in [2.24, 2.45) is 0 Å². The van der Waals surface area contributed by atoms with Gasteiger partial charge in [-0.05, 0) is 0 Å². The monoisotopic (exact) mass is 117 g/mol. The lowest BCUT2D eigenvalue weighted by Gasteiger charge is -1.74. The molecule has 1 heterocycles. The normalized spacial score (nSPS) is 11.9. The van der Waals surface area contributed by atoms with E-state index >= 15 is 0 Å². The highest BCUT2D eigenvalue weighted by Crippen LogP contribution is 1.96. The van der Waals surface area contributed by atoms with Gasteiger partial charge in [0.25, 0.3) is 5.56 Å². The van der Waals surface area contributed by atoms with Crippen molar-refractivity contribution in [1.82, 2.24) is 4.37 Å². The first-order chi connectivity index (χ1) is 3.29. The predicted octanol–water partition coefficient (Wildman–Crippen LogP) is 0.103. The van der Waals surface area contributed by atoms with Crippen LogP contribution in [0.4, 0.5) is 0 Å². The molecule has 1 aromatic rings. The largest absolute Gasteiger partial charge is 0.571 e. The van der Waals surface area contributed by atoms with Gasteiger partial charge in [0.2, 0.25) is 0 Å². The van der Waals surface area contributed by atoms with Gasteiger partial charge in [-0.2, -0.15) is 4.37 Å². The molecule has 1 unspecified atom stereocenters. The van der Waals surface area contributed by atoms with Crippen molar-refractivity contribution in [2.75, 3.05) is 0 Å². The lowest BCUT2D eigenvalue weighted by molar-refractivity contribution is 0.591. The highest BCUT2D eigenvalue weighted by atomic mass is 32.2. The fourth-order valence-electron chi connectivity index (χ4n) is 0.291. The maximum absolute atomic E-state index is 10.1. The minimum Gasteiger partial charge on any atom is -0.571 e. The number of H-pyrrole nitrogens is 1. The summed E-state index contributed by atoms with van der Waals surface area (Å²) in [7, 11) is -1.23. The van der Waals surface area contributed by atoms with Crippen LogP contribution in [0.15, 0.2) is 16.2 Å². The highest BCUT2D eigenvalue weighted by molar-refractivity contribution is 7.17. The Morgan fingerprint density at radius 3 is 2.71 bits per heavy atom. The Hall–Kier alpha value is -0.610. The smallest absolute Gasteiger partial charge is 0.293 e. The summed E-state index contributed by atoms with van der Waals surface area (Å²) in [6.45, 7) is 0. The Labute approximate surface area is 42.6 Å². The summed E-state index contributed by atoms with van der Waals surface area (Å²) in [5.74, 6) is 0. The minimum atomic E-state index is -1.23. The number of hydrogen-bond donors (Lipinski definition) is 1. The van der Waals surface area contributed by atoms with Crippen LogP contribution in [0.1, 0.15) is 0 Å². The molecule has 0 saturated heterocycles. The van der Waals surface area contributed by atoms with Gasteiger partial charge in [-0.1, -0.05) is 0 Å². The van der Waals surface area contributed by atoms with Gasteiger partial charge >= 0.3 is 0 Å². The van der Waals surface area contributed by atoms with Gasteiger partial charge in [0.15, 0.2) is 5.38 Å². The third kappa shape index (κ3) is 0.880. The maximum Gasteiger partial charge on any atom is 0.293 e. The van der Waals surface area contributed by atoms with Crippen molar-refractivity contribution in [1.29, 1.82) is 0 Å². The third-order valence-corrected chi connectivity index (χ3v) is 1.33. The van der Waals surface area contributed by atoms with E-state index in [4.69, 9.17) is 0 Å². The van der Waals surface area contributed by atoms with Gasteiger partial charge in [-0.3, -0.25) is 4.79 Å². The van der Waals surface area contributed by atoms with Crippen LogP contribution in [-0.4, -0.2) is 8.93 Å². The van der Waals surface area contributed by atoms with Crippen LogP contribution < -0.4 is 5.56 Å². The molecule has 0 aromatic carbocycles. The van der Waals surface area contributed by atoms with Gasteiger partial charge in [0.1, 0.15) is 0 Å². The maximum atomic E-state index is 10.1. The van der Waals surface area contributed by atoms with Crippen LogP contribution in [0, 0.1) is 0 Å². The zero-order valence-electron chi connectivity index (χ0n) is 3.38. The van der Waals surface area contributed by atoms with Crippen LogP contribution in [0.2, 0.25) is 0 Å². The molecule has 3 nitrogen and oxygen atoms in total. The Morgan fingerprint density at radius 2 is 2.57 bits per heavy atom. The Bertz CT molecular complexity index is 201. The quantitative estimate of drug-likeness (QED) is 0.490. The molecule has 0 saturated carbocycles. The molecule has 0 fully saturated rings. The molecule has 1 atom stereocenters. The van der Waals surface area contributed by atoms with E-state index in [0.29, 0.717) is 0 Å². The molecule has 1 rings (SSSR count). The second-order valence-corrected chi connectivity index (χ2v) is 2.14. The van der Waals surface area contributed by atoms with E-state index in [-0.39, 0.29) is 5.56 Å². The molecule has 0 aliphatic rings. The molecule has 0 aliphatic carbocycles. The summed E-state index contributed by atoms with van der Waals surface area (Å²) >= 11 is 0. The van der Waals surface area contributed by atoms with Crippen molar-refractivity contribution < 1.29 is 4.55 Å². The first-order valence-corrected chi connectivity index (χ1v) is 2.90. The second-order valence-electron chi connectivity index (χ2n) is 1.07. The molecule has 0 bridgehead atoms. The van der Waals surface area contributed by atoms with E-state index in [1.165, 1.54) is 11.4 Å². The standard InChI is InChI=1S/C3H3NO2S/c5-3-1-2-7(6)4-3/h1-2H,(H,4,5). The topological polar surface area (TPSA) is 55.9 Å². The van der Waals surface area contributed by atoms with E-state index in [1.807, 2.05) is 0 Å². The Balaban J connectivity index is 3.30. The molecule has 7 heavy (non-hydrogen) atoms. The first-order valence-electron chi connectivity index (χ1n) is 1.68. The van der Waals surface area contributed by atoms with Crippen LogP contribution in [0.5, 0.6) is 0 Å². The van der Waals surface area contributed by atoms with Crippen molar-refractivity contribution >= 4 is 10.9 Å². The molecule has 0 aliphatic heterocycles. The third-order valence-electron chi connectivity index (χ3n) is 0.544. The van der Waals surface area contributed by atoms with Crippen molar-refractivity contribution in [3.05, 3.63) is 21.8 Å². The summed E-state index contributed by atoms with van der Waals surface area (Å²) < 4.78 is 12.3. The molecule has 4 heteroatoms. The molecular weight excluding hydrogens is 114 g/mol. The first kappa shape index (κ1) is 4.55. The molecule has 0 radical (unpaired) electrons. The Morgan fingerprint density at radius 1 is 1.86 bits per heavy atom. The number of nitrogens with one attached hydrogen (secondary N) is 1. The lowest BCUT2D eigenvalue weighted by atomic mass is 10.8. The fourth-order valence-corrected chi connectivity index (χ4v) is 0.872. The summed E-state index contributed by atoms with van der Waals surface area (Å²) in [5, 5.41) is 1.31. The lowest BCUT2D eigenvalue weighted by Crippen LogP contribution is -1.92. The van der Waals surface area contributed by atoms with E-state index in [9.17, 15) is 9.35 Å². The van der Waals surface area contributed by atoms with Crippen molar-refractivity contribution in [3.63, 3.8) is 0 Å². The molecule has 1 N–H and O–H groups in total. The Kier molecular flexibility index (Phi) is 0.958. The van der Waals surface area contributed by atoms with Gasteiger partial charge in [-0.25, -0.2) is 0 Å². The predicted molar refractivity (Wildman–Crippen MR) is 25.7 cm³/mol. The zero-order chi connectivity index (χ0) is 5.28. The highest BCUT2D eigenvalue weighted by Gasteiger charge is 1.87. The minimum absolute atomic E-state index is 0.279. The summed E-state index contributed by atoms with van der Waals surface area (Å²) in [6.07, 6.45) is 0. The van der Waals surface area contributed by atoms with Gasteiger partial charge in [-0.15, -0.1) is 0 Å².